The van der Waals surface area contributed by atoms with Gasteiger partial charge in [0.25, 0.3) is 0 Å². The van der Waals surface area contributed by atoms with Gasteiger partial charge >= 0.3 is 12.1 Å². The van der Waals surface area contributed by atoms with E-state index < -0.39 is 5.60 Å². The highest BCUT2D eigenvalue weighted by atomic mass is 16.6. The average Bonchev–Trinajstić information content (AvgIpc) is 2.37. The van der Waals surface area contributed by atoms with Crippen molar-refractivity contribution in [3.05, 3.63) is 0 Å². The zero-order valence-corrected chi connectivity index (χ0v) is 12.6. The average molecular weight is 284 g/mol. The predicted molar refractivity (Wildman–Crippen MR) is 73.4 cm³/mol. The molecule has 2 heterocycles. The summed E-state index contributed by atoms with van der Waals surface area (Å²) >= 11 is 0. The first-order valence-electron chi connectivity index (χ1n) is 7.23. The van der Waals surface area contributed by atoms with Crippen molar-refractivity contribution in [1.82, 2.24) is 9.80 Å². The number of esters is 1. The largest absolute Gasteiger partial charge is 0.466 e. The van der Waals surface area contributed by atoms with Crippen molar-refractivity contribution >= 4 is 12.1 Å². The van der Waals surface area contributed by atoms with Gasteiger partial charge in [-0.25, -0.2) is 4.79 Å². The van der Waals surface area contributed by atoms with Crippen LogP contribution < -0.4 is 0 Å². The molecule has 0 spiro atoms. The third-order valence-corrected chi connectivity index (χ3v) is 3.60. The van der Waals surface area contributed by atoms with Crippen LogP contribution in [0.5, 0.6) is 0 Å². The number of carbonyl (C=O) groups excluding carboxylic acids is 2. The summed E-state index contributed by atoms with van der Waals surface area (Å²) in [4.78, 5) is 27.3. The van der Waals surface area contributed by atoms with Crippen molar-refractivity contribution in [2.45, 2.75) is 45.3 Å². The summed E-state index contributed by atoms with van der Waals surface area (Å²) in [6, 6.07) is 0.261. The minimum atomic E-state index is -0.457. The van der Waals surface area contributed by atoms with Crippen LogP contribution in [-0.2, 0) is 14.3 Å². The standard InChI is InChI=1S/C14H24N2O4/c1-14(2,3)20-13(18)16-7-5-15(6-8-16)11-4-9-19-12(17)10-11/h11H,4-10H2,1-3H3. The summed E-state index contributed by atoms with van der Waals surface area (Å²) in [5.74, 6) is -0.115. The highest BCUT2D eigenvalue weighted by molar-refractivity contribution is 5.71. The fraction of sp³-hybridized carbons (Fsp3) is 0.857. The number of carbonyl (C=O) groups is 2. The van der Waals surface area contributed by atoms with E-state index in [0.29, 0.717) is 26.1 Å². The predicted octanol–water partition coefficient (Wildman–Crippen LogP) is 1.24. The summed E-state index contributed by atoms with van der Waals surface area (Å²) < 4.78 is 10.3. The molecule has 6 nitrogen and oxygen atoms in total. The molecular weight excluding hydrogens is 260 g/mol. The Kier molecular flexibility index (Phi) is 4.52. The number of cyclic esters (lactones) is 1. The van der Waals surface area contributed by atoms with Crippen molar-refractivity contribution in [3.63, 3.8) is 0 Å². The summed E-state index contributed by atoms with van der Waals surface area (Å²) in [6.45, 7) is 9.00. The van der Waals surface area contributed by atoms with Crippen molar-refractivity contribution in [1.29, 1.82) is 0 Å². The van der Waals surface area contributed by atoms with Crippen LogP contribution in [-0.4, -0.2) is 66.3 Å². The van der Waals surface area contributed by atoms with Crippen LogP contribution in [0.1, 0.15) is 33.6 Å². The van der Waals surface area contributed by atoms with E-state index in [1.807, 2.05) is 20.8 Å². The van der Waals surface area contributed by atoms with Crippen LogP contribution in [0, 0.1) is 0 Å². The molecule has 0 bridgehead atoms. The molecule has 20 heavy (non-hydrogen) atoms. The number of ether oxygens (including phenoxy) is 2. The summed E-state index contributed by atoms with van der Waals surface area (Å²) in [5, 5.41) is 0. The third-order valence-electron chi connectivity index (χ3n) is 3.60. The number of amides is 1. The second kappa shape index (κ2) is 5.99. The van der Waals surface area contributed by atoms with Gasteiger partial charge in [0.05, 0.1) is 13.0 Å². The zero-order valence-electron chi connectivity index (χ0n) is 12.6. The molecule has 2 fully saturated rings. The van der Waals surface area contributed by atoms with Gasteiger partial charge in [-0.1, -0.05) is 0 Å². The molecule has 2 rings (SSSR count). The molecule has 0 aliphatic carbocycles. The van der Waals surface area contributed by atoms with Gasteiger partial charge in [0, 0.05) is 32.2 Å². The molecule has 1 amide bonds. The normalized spacial score (nSPS) is 25.2. The van der Waals surface area contributed by atoms with Gasteiger partial charge in [-0.2, -0.15) is 0 Å². The van der Waals surface area contributed by atoms with Crippen LogP contribution in [0.25, 0.3) is 0 Å². The first-order chi connectivity index (χ1) is 9.35. The molecule has 1 atom stereocenters. The fourth-order valence-electron chi connectivity index (χ4n) is 2.57. The SMILES string of the molecule is CC(C)(C)OC(=O)N1CCN(C2CCOC(=O)C2)CC1. The molecule has 0 N–H and O–H groups in total. The van der Waals surface area contributed by atoms with E-state index in [4.69, 9.17) is 9.47 Å². The van der Waals surface area contributed by atoms with E-state index in [1.165, 1.54) is 0 Å². The lowest BCUT2D eigenvalue weighted by molar-refractivity contribution is -0.150. The monoisotopic (exact) mass is 284 g/mol. The first-order valence-corrected chi connectivity index (χ1v) is 7.23. The molecule has 2 aliphatic rings. The maximum atomic E-state index is 12.0. The van der Waals surface area contributed by atoms with E-state index in [1.54, 1.807) is 4.90 Å². The smallest absolute Gasteiger partial charge is 0.410 e. The Bertz CT molecular complexity index is 370. The zero-order chi connectivity index (χ0) is 14.8. The van der Waals surface area contributed by atoms with E-state index in [0.717, 1.165) is 19.5 Å². The summed E-state index contributed by atoms with van der Waals surface area (Å²) in [7, 11) is 0. The van der Waals surface area contributed by atoms with Crippen LogP contribution in [0.4, 0.5) is 4.79 Å². The van der Waals surface area contributed by atoms with E-state index in [9.17, 15) is 9.59 Å². The molecule has 2 aliphatic heterocycles. The van der Waals surface area contributed by atoms with Gasteiger partial charge in [-0.05, 0) is 27.2 Å². The molecule has 0 radical (unpaired) electrons. The number of nitrogens with zero attached hydrogens (tertiary/aromatic N) is 2. The molecule has 2 saturated heterocycles. The third kappa shape index (κ3) is 4.10. The van der Waals surface area contributed by atoms with E-state index in [2.05, 4.69) is 4.90 Å². The Morgan fingerprint density at radius 3 is 2.45 bits per heavy atom. The minimum absolute atomic E-state index is 0.115. The van der Waals surface area contributed by atoms with Gasteiger partial charge in [0.15, 0.2) is 0 Å². The minimum Gasteiger partial charge on any atom is -0.466 e. The van der Waals surface area contributed by atoms with Crippen molar-refractivity contribution in [2.24, 2.45) is 0 Å². The summed E-state index contributed by atoms with van der Waals surface area (Å²) in [6.07, 6.45) is 1.10. The maximum Gasteiger partial charge on any atom is 0.410 e. The molecule has 0 aromatic rings. The molecule has 0 aromatic heterocycles. The molecule has 0 saturated carbocycles. The maximum absolute atomic E-state index is 12.0. The Morgan fingerprint density at radius 2 is 1.90 bits per heavy atom. The lowest BCUT2D eigenvalue weighted by atomic mass is 10.1. The second-order valence-corrected chi connectivity index (χ2v) is 6.37. The van der Waals surface area contributed by atoms with Gasteiger partial charge in [0.1, 0.15) is 5.60 Å². The van der Waals surface area contributed by atoms with Crippen LogP contribution in [0.15, 0.2) is 0 Å². The van der Waals surface area contributed by atoms with Gasteiger partial charge in [0.2, 0.25) is 0 Å². The summed E-state index contributed by atoms with van der Waals surface area (Å²) in [5.41, 5.74) is -0.457. The molecule has 0 aromatic carbocycles. The van der Waals surface area contributed by atoms with Crippen LogP contribution in [0.3, 0.4) is 0 Å². The molecule has 1 unspecified atom stereocenters. The quantitative estimate of drug-likeness (QED) is 0.678. The first kappa shape index (κ1) is 15.1. The fourth-order valence-corrected chi connectivity index (χ4v) is 2.57. The second-order valence-electron chi connectivity index (χ2n) is 6.37. The van der Waals surface area contributed by atoms with Crippen LogP contribution in [0.2, 0.25) is 0 Å². The van der Waals surface area contributed by atoms with Gasteiger partial charge in [-0.15, -0.1) is 0 Å². The molecule has 114 valence electrons. The topological polar surface area (TPSA) is 59.1 Å². The lowest BCUT2D eigenvalue weighted by Gasteiger charge is -2.40. The molecular formula is C14H24N2O4. The Balaban J connectivity index is 1.80. The number of rotatable bonds is 1. The highest BCUT2D eigenvalue weighted by Crippen LogP contribution is 2.18. The Labute approximate surface area is 120 Å². The number of hydrogen-bond donors (Lipinski definition) is 0. The van der Waals surface area contributed by atoms with Crippen LogP contribution >= 0.6 is 0 Å². The van der Waals surface area contributed by atoms with E-state index in [-0.39, 0.29) is 18.1 Å². The van der Waals surface area contributed by atoms with Crippen molar-refractivity contribution in [2.75, 3.05) is 32.8 Å². The Morgan fingerprint density at radius 1 is 1.25 bits per heavy atom. The van der Waals surface area contributed by atoms with Crippen molar-refractivity contribution < 1.29 is 19.1 Å². The van der Waals surface area contributed by atoms with Crippen molar-refractivity contribution in [3.8, 4) is 0 Å². The number of piperazine rings is 1. The van der Waals surface area contributed by atoms with Gasteiger partial charge in [-0.3, -0.25) is 9.69 Å². The molecule has 6 heteroatoms. The Hall–Kier alpha value is -1.30. The highest BCUT2D eigenvalue weighted by Gasteiger charge is 2.31. The number of hydrogen-bond acceptors (Lipinski definition) is 5. The van der Waals surface area contributed by atoms with E-state index >= 15 is 0 Å². The lowest BCUT2D eigenvalue weighted by Crippen LogP contribution is -2.54. The van der Waals surface area contributed by atoms with Gasteiger partial charge < -0.3 is 14.4 Å².